The summed E-state index contributed by atoms with van der Waals surface area (Å²) in [6, 6.07) is 4.07. The van der Waals surface area contributed by atoms with Crippen molar-refractivity contribution in [1.29, 1.82) is 0 Å². The van der Waals surface area contributed by atoms with Crippen LogP contribution in [0, 0.1) is 0 Å². The second-order valence-corrected chi connectivity index (χ2v) is 9.95. The van der Waals surface area contributed by atoms with Crippen molar-refractivity contribution in [3.8, 4) is 10.6 Å². The van der Waals surface area contributed by atoms with Crippen molar-refractivity contribution < 1.29 is 8.42 Å². The summed E-state index contributed by atoms with van der Waals surface area (Å²) in [5, 5.41) is 6.32. The molecule has 2 aromatic heterocycles. The van der Waals surface area contributed by atoms with Gasteiger partial charge in [0.2, 0.25) is 10.0 Å². The predicted molar refractivity (Wildman–Crippen MR) is 95.4 cm³/mol. The van der Waals surface area contributed by atoms with Gasteiger partial charge in [0.25, 0.3) is 0 Å². The highest BCUT2D eigenvalue weighted by molar-refractivity contribution is 7.88. The first-order valence-electron chi connectivity index (χ1n) is 6.90. The van der Waals surface area contributed by atoms with E-state index < -0.39 is 10.0 Å². The fourth-order valence-corrected chi connectivity index (χ4v) is 4.21. The van der Waals surface area contributed by atoms with Crippen LogP contribution in [0.4, 0.5) is 5.13 Å². The first-order valence-corrected chi connectivity index (χ1v) is 10.5. The number of thiophene rings is 1. The normalized spacial score (nSPS) is 12.5. The molecule has 8 heteroatoms. The first kappa shape index (κ1) is 17.4. The summed E-state index contributed by atoms with van der Waals surface area (Å²) in [5.74, 6) is 0. The molecule has 2 aromatic rings. The van der Waals surface area contributed by atoms with Crippen molar-refractivity contribution >= 4 is 37.8 Å². The lowest BCUT2D eigenvalue weighted by atomic mass is 10.1. The summed E-state index contributed by atoms with van der Waals surface area (Å²) >= 11 is 3.24. The van der Waals surface area contributed by atoms with Crippen molar-refractivity contribution in [2.45, 2.75) is 32.7 Å². The van der Waals surface area contributed by atoms with Crippen LogP contribution in [0.2, 0.25) is 0 Å². The Kier molecular flexibility index (Phi) is 5.26. The van der Waals surface area contributed by atoms with E-state index in [2.05, 4.69) is 35.8 Å². The Labute approximate surface area is 139 Å². The fraction of sp³-hybridized carbons (Fsp3) is 0.500. The second kappa shape index (κ2) is 6.66. The van der Waals surface area contributed by atoms with E-state index in [1.807, 2.05) is 17.5 Å². The number of sulfonamides is 1. The third-order valence-electron chi connectivity index (χ3n) is 2.64. The summed E-state index contributed by atoms with van der Waals surface area (Å²) in [5.41, 5.74) is 0.955. The number of hydrogen-bond donors (Lipinski definition) is 2. The Balaban J connectivity index is 1.99. The van der Waals surface area contributed by atoms with Gasteiger partial charge < -0.3 is 5.32 Å². The van der Waals surface area contributed by atoms with Gasteiger partial charge in [-0.3, -0.25) is 0 Å². The second-order valence-electron chi connectivity index (χ2n) is 6.10. The van der Waals surface area contributed by atoms with Crippen molar-refractivity contribution in [3.63, 3.8) is 0 Å². The molecule has 22 heavy (non-hydrogen) atoms. The lowest BCUT2D eigenvalue weighted by molar-refractivity contribution is 0.588. The van der Waals surface area contributed by atoms with Crippen LogP contribution >= 0.6 is 22.7 Å². The molecule has 0 radical (unpaired) electrons. The number of hydrogen-bond acceptors (Lipinski definition) is 6. The van der Waals surface area contributed by atoms with E-state index in [0.717, 1.165) is 20.6 Å². The van der Waals surface area contributed by atoms with E-state index in [4.69, 9.17) is 0 Å². The van der Waals surface area contributed by atoms with Crippen LogP contribution in [0.25, 0.3) is 10.6 Å². The van der Waals surface area contributed by atoms with Crippen LogP contribution in [0.15, 0.2) is 17.5 Å². The standard InChI is InChI=1S/C14H21N3O2S3/c1-14(2,3)17-13-16-11(9-20-13)12-6-5-10(21-12)7-8-15-22(4,18)19/h5-6,9,15H,7-8H2,1-4H3,(H,16,17). The Morgan fingerprint density at radius 3 is 2.64 bits per heavy atom. The van der Waals surface area contributed by atoms with Crippen LogP contribution in [-0.4, -0.2) is 31.7 Å². The van der Waals surface area contributed by atoms with Gasteiger partial charge in [0.15, 0.2) is 5.13 Å². The Morgan fingerprint density at radius 1 is 1.27 bits per heavy atom. The zero-order valence-electron chi connectivity index (χ0n) is 13.1. The molecule has 0 bridgehead atoms. The van der Waals surface area contributed by atoms with Crippen LogP contribution < -0.4 is 10.0 Å². The van der Waals surface area contributed by atoms with Crippen molar-refractivity contribution in [3.05, 3.63) is 22.4 Å². The van der Waals surface area contributed by atoms with Gasteiger partial charge in [-0.15, -0.1) is 22.7 Å². The number of thiazole rings is 1. The zero-order valence-corrected chi connectivity index (χ0v) is 15.6. The van der Waals surface area contributed by atoms with Gasteiger partial charge in [0, 0.05) is 22.3 Å². The summed E-state index contributed by atoms with van der Waals surface area (Å²) in [6.45, 7) is 6.73. The number of nitrogens with zero attached hydrogens (tertiary/aromatic N) is 1. The molecule has 0 spiro atoms. The van der Waals surface area contributed by atoms with Gasteiger partial charge in [-0.05, 0) is 39.3 Å². The predicted octanol–water partition coefficient (Wildman–Crippen LogP) is 3.17. The number of nitrogens with one attached hydrogen (secondary N) is 2. The van der Waals surface area contributed by atoms with Crippen LogP contribution in [0.3, 0.4) is 0 Å². The lowest BCUT2D eigenvalue weighted by Crippen LogP contribution is -2.25. The van der Waals surface area contributed by atoms with E-state index in [1.54, 1.807) is 22.7 Å². The minimum Gasteiger partial charge on any atom is -0.357 e. The highest BCUT2D eigenvalue weighted by Gasteiger charge is 2.13. The third kappa shape index (κ3) is 5.68. The molecule has 0 atom stereocenters. The largest absolute Gasteiger partial charge is 0.357 e. The molecular weight excluding hydrogens is 338 g/mol. The lowest BCUT2D eigenvalue weighted by Gasteiger charge is -2.19. The average molecular weight is 360 g/mol. The smallest absolute Gasteiger partial charge is 0.208 e. The van der Waals surface area contributed by atoms with E-state index >= 15 is 0 Å². The Hall–Kier alpha value is -0.960. The molecule has 0 aromatic carbocycles. The summed E-state index contributed by atoms with van der Waals surface area (Å²) in [6.07, 6.45) is 1.86. The fourth-order valence-electron chi connectivity index (χ4n) is 1.77. The Bertz CT molecular complexity index is 727. The molecule has 0 saturated heterocycles. The van der Waals surface area contributed by atoms with E-state index in [0.29, 0.717) is 13.0 Å². The van der Waals surface area contributed by atoms with Crippen LogP contribution in [-0.2, 0) is 16.4 Å². The molecule has 2 rings (SSSR count). The van der Waals surface area contributed by atoms with Gasteiger partial charge in [0.1, 0.15) is 0 Å². The zero-order chi connectivity index (χ0) is 16.4. The minimum atomic E-state index is -3.12. The SMILES string of the molecule is CC(C)(C)Nc1nc(-c2ccc(CCNS(C)(=O)=O)s2)cs1. The molecule has 0 amide bonds. The maximum Gasteiger partial charge on any atom is 0.208 e. The van der Waals surface area contributed by atoms with Gasteiger partial charge in [-0.25, -0.2) is 18.1 Å². The van der Waals surface area contributed by atoms with Crippen molar-refractivity contribution in [2.24, 2.45) is 0 Å². The van der Waals surface area contributed by atoms with Gasteiger partial charge in [-0.1, -0.05) is 0 Å². The molecule has 0 aliphatic carbocycles. The van der Waals surface area contributed by atoms with Crippen molar-refractivity contribution in [1.82, 2.24) is 9.71 Å². The van der Waals surface area contributed by atoms with E-state index in [-0.39, 0.29) is 5.54 Å². The molecule has 2 heterocycles. The topological polar surface area (TPSA) is 71.1 Å². The van der Waals surface area contributed by atoms with Crippen LogP contribution in [0.1, 0.15) is 25.6 Å². The average Bonchev–Trinajstić information content (AvgIpc) is 2.94. The number of aromatic nitrogens is 1. The van der Waals surface area contributed by atoms with Crippen LogP contribution in [0.5, 0.6) is 0 Å². The molecule has 5 nitrogen and oxygen atoms in total. The molecular formula is C14H21N3O2S3. The molecule has 0 fully saturated rings. The first-order chi connectivity index (χ1) is 10.1. The monoisotopic (exact) mass is 359 g/mol. The maximum absolute atomic E-state index is 11.0. The van der Waals surface area contributed by atoms with Gasteiger partial charge in [-0.2, -0.15) is 0 Å². The highest BCUT2D eigenvalue weighted by Crippen LogP contribution is 2.31. The molecule has 2 N–H and O–H groups in total. The minimum absolute atomic E-state index is 0.00690. The molecule has 0 aliphatic heterocycles. The van der Waals surface area contributed by atoms with E-state index in [1.165, 1.54) is 6.26 Å². The summed E-state index contributed by atoms with van der Waals surface area (Å²) in [7, 11) is -3.12. The Morgan fingerprint density at radius 2 is 2.00 bits per heavy atom. The highest BCUT2D eigenvalue weighted by atomic mass is 32.2. The third-order valence-corrected chi connectivity index (χ3v) is 5.29. The summed E-state index contributed by atoms with van der Waals surface area (Å²) in [4.78, 5) is 6.85. The maximum atomic E-state index is 11.0. The number of rotatable bonds is 6. The quantitative estimate of drug-likeness (QED) is 0.831. The molecule has 0 aliphatic rings. The molecule has 0 saturated carbocycles. The van der Waals surface area contributed by atoms with Crippen molar-refractivity contribution in [2.75, 3.05) is 18.1 Å². The summed E-state index contributed by atoms with van der Waals surface area (Å²) < 4.78 is 24.6. The van der Waals surface area contributed by atoms with E-state index in [9.17, 15) is 8.42 Å². The molecule has 122 valence electrons. The molecule has 0 unspecified atom stereocenters. The van der Waals surface area contributed by atoms with Gasteiger partial charge >= 0.3 is 0 Å². The van der Waals surface area contributed by atoms with Gasteiger partial charge in [0.05, 0.1) is 16.8 Å². The number of anilines is 1.